The molecular formula is C27H30ClN7O2. The molecule has 1 amide bonds. The second kappa shape index (κ2) is 11.3. The standard InChI is InChI=1S/C27H30ClN7O2/c1-6-26(36)30-20-16-21(24(37-5)17-23(20)34(4)15-14-33(2)3)31-27-29-12-10-25(32-27)35-13-11-18-19(28)8-7-9-22(18)35/h6-13,16-17H,1,14-15H2,2-5H3,(H,30,36)(H,29,31,32). The van der Waals surface area contributed by atoms with E-state index in [1.54, 1.807) is 13.3 Å². The minimum atomic E-state index is -0.310. The minimum absolute atomic E-state index is 0.310. The first kappa shape index (κ1) is 26.0. The summed E-state index contributed by atoms with van der Waals surface area (Å²) >= 11 is 6.35. The van der Waals surface area contributed by atoms with E-state index in [9.17, 15) is 4.79 Å². The van der Waals surface area contributed by atoms with Crippen molar-refractivity contribution >= 4 is 51.4 Å². The number of amides is 1. The van der Waals surface area contributed by atoms with Crippen molar-refractivity contribution in [3.05, 3.63) is 72.5 Å². The summed E-state index contributed by atoms with van der Waals surface area (Å²) < 4.78 is 7.63. The molecule has 0 radical (unpaired) electrons. The van der Waals surface area contributed by atoms with Gasteiger partial charge in [0.15, 0.2) is 0 Å². The van der Waals surface area contributed by atoms with Gasteiger partial charge < -0.3 is 29.7 Å². The predicted octanol–water partition coefficient (Wildman–Crippen LogP) is 4.95. The van der Waals surface area contributed by atoms with Crippen molar-refractivity contribution in [3.63, 3.8) is 0 Å². The summed E-state index contributed by atoms with van der Waals surface area (Å²) in [6.07, 6.45) is 4.84. The Bertz CT molecular complexity index is 1430. The Labute approximate surface area is 221 Å². The molecule has 0 saturated carbocycles. The molecule has 4 rings (SSSR count). The smallest absolute Gasteiger partial charge is 0.247 e. The van der Waals surface area contributed by atoms with Crippen LogP contribution in [-0.2, 0) is 4.79 Å². The number of benzene rings is 2. The number of carbonyl (C=O) groups excluding carboxylic acids is 1. The molecule has 2 aromatic heterocycles. The van der Waals surface area contributed by atoms with Gasteiger partial charge >= 0.3 is 0 Å². The molecule has 2 heterocycles. The van der Waals surface area contributed by atoms with Gasteiger partial charge in [0.1, 0.15) is 11.6 Å². The van der Waals surface area contributed by atoms with Crippen molar-refractivity contribution < 1.29 is 9.53 Å². The summed E-state index contributed by atoms with van der Waals surface area (Å²) in [5.41, 5.74) is 2.96. The number of halogens is 1. The molecule has 192 valence electrons. The fourth-order valence-corrected chi connectivity index (χ4v) is 4.13. The van der Waals surface area contributed by atoms with Crippen molar-refractivity contribution in [1.29, 1.82) is 0 Å². The topological polar surface area (TPSA) is 87.5 Å². The van der Waals surface area contributed by atoms with Crippen LogP contribution in [0, 0.1) is 0 Å². The molecule has 4 aromatic rings. The maximum absolute atomic E-state index is 12.2. The average Bonchev–Trinajstić information content (AvgIpc) is 3.33. The van der Waals surface area contributed by atoms with Crippen molar-refractivity contribution in [3.8, 4) is 11.6 Å². The second-order valence-corrected chi connectivity index (χ2v) is 9.12. The van der Waals surface area contributed by atoms with Crippen LogP contribution in [0.1, 0.15) is 0 Å². The molecule has 0 atom stereocenters. The van der Waals surface area contributed by atoms with Crippen molar-refractivity contribution in [2.45, 2.75) is 0 Å². The van der Waals surface area contributed by atoms with Crippen molar-refractivity contribution in [1.82, 2.24) is 19.4 Å². The molecular weight excluding hydrogens is 490 g/mol. The van der Waals surface area contributed by atoms with E-state index in [2.05, 4.69) is 32.0 Å². The van der Waals surface area contributed by atoms with Crippen LogP contribution in [0.25, 0.3) is 16.7 Å². The van der Waals surface area contributed by atoms with E-state index in [4.69, 9.17) is 21.3 Å². The van der Waals surface area contributed by atoms with E-state index in [1.807, 2.05) is 74.4 Å². The van der Waals surface area contributed by atoms with Crippen LogP contribution in [0.15, 0.2) is 67.5 Å². The average molecular weight is 520 g/mol. The van der Waals surface area contributed by atoms with Gasteiger partial charge in [0.2, 0.25) is 11.9 Å². The fourth-order valence-electron chi connectivity index (χ4n) is 3.90. The Morgan fingerprint density at radius 2 is 1.97 bits per heavy atom. The van der Waals surface area contributed by atoms with Crippen LogP contribution < -0.4 is 20.3 Å². The van der Waals surface area contributed by atoms with Crippen LogP contribution in [-0.4, -0.2) is 66.7 Å². The summed E-state index contributed by atoms with van der Waals surface area (Å²) in [5, 5.41) is 7.76. The van der Waals surface area contributed by atoms with Crippen molar-refractivity contribution in [2.75, 3.05) is 56.9 Å². The monoisotopic (exact) mass is 519 g/mol. The first-order valence-electron chi connectivity index (χ1n) is 11.7. The summed E-state index contributed by atoms with van der Waals surface area (Å²) in [6, 6.07) is 13.2. The number of likely N-dealkylation sites (N-methyl/N-ethyl adjacent to an activating group) is 2. The second-order valence-electron chi connectivity index (χ2n) is 8.71. The van der Waals surface area contributed by atoms with Gasteiger partial charge in [0.25, 0.3) is 0 Å². The molecule has 9 nitrogen and oxygen atoms in total. The Kier molecular flexibility index (Phi) is 7.95. The van der Waals surface area contributed by atoms with E-state index >= 15 is 0 Å². The number of ether oxygens (including phenoxy) is 1. The lowest BCUT2D eigenvalue weighted by molar-refractivity contribution is -0.111. The zero-order valence-corrected chi connectivity index (χ0v) is 22.1. The number of carbonyl (C=O) groups is 1. The number of rotatable bonds is 10. The Hall–Kier alpha value is -4.08. The highest BCUT2D eigenvalue weighted by molar-refractivity contribution is 6.35. The molecule has 0 aliphatic heterocycles. The molecule has 37 heavy (non-hydrogen) atoms. The highest BCUT2D eigenvalue weighted by atomic mass is 35.5. The number of nitrogens with one attached hydrogen (secondary N) is 2. The fraction of sp³-hybridized carbons (Fsp3) is 0.222. The van der Waals surface area contributed by atoms with E-state index in [1.165, 1.54) is 6.08 Å². The number of aromatic nitrogens is 3. The molecule has 0 spiro atoms. The summed E-state index contributed by atoms with van der Waals surface area (Å²) in [7, 11) is 7.59. The largest absolute Gasteiger partial charge is 0.494 e. The van der Waals surface area contributed by atoms with Gasteiger partial charge in [-0.25, -0.2) is 4.98 Å². The van der Waals surface area contributed by atoms with Crippen LogP contribution in [0.2, 0.25) is 5.02 Å². The van der Waals surface area contributed by atoms with Crippen molar-refractivity contribution in [2.24, 2.45) is 0 Å². The first-order valence-corrected chi connectivity index (χ1v) is 12.1. The predicted molar refractivity (Wildman–Crippen MR) is 151 cm³/mol. The van der Waals surface area contributed by atoms with Crippen LogP contribution in [0.4, 0.5) is 23.0 Å². The molecule has 2 aromatic carbocycles. The van der Waals surface area contributed by atoms with Gasteiger partial charge in [-0.15, -0.1) is 0 Å². The highest BCUT2D eigenvalue weighted by Crippen LogP contribution is 2.38. The zero-order chi connectivity index (χ0) is 26.5. The quantitative estimate of drug-likeness (QED) is 0.287. The molecule has 0 saturated heterocycles. The molecule has 10 heteroatoms. The maximum atomic E-state index is 12.2. The molecule has 0 aliphatic rings. The summed E-state index contributed by atoms with van der Waals surface area (Å²) in [5.74, 6) is 1.31. The molecule has 0 fully saturated rings. The molecule has 2 N–H and O–H groups in total. The normalized spacial score (nSPS) is 11.0. The number of methoxy groups -OCH3 is 1. The van der Waals surface area contributed by atoms with Gasteiger partial charge in [-0.3, -0.25) is 4.79 Å². The van der Waals surface area contributed by atoms with Crippen LogP contribution in [0.5, 0.6) is 5.75 Å². The van der Waals surface area contributed by atoms with E-state index in [-0.39, 0.29) is 5.91 Å². The Morgan fingerprint density at radius 1 is 1.16 bits per heavy atom. The number of hydrogen-bond donors (Lipinski definition) is 2. The maximum Gasteiger partial charge on any atom is 0.247 e. The summed E-state index contributed by atoms with van der Waals surface area (Å²) in [6.45, 7) is 5.16. The van der Waals surface area contributed by atoms with Gasteiger partial charge in [-0.1, -0.05) is 24.2 Å². The summed E-state index contributed by atoms with van der Waals surface area (Å²) in [4.78, 5) is 25.5. The van der Waals surface area contributed by atoms with Gasteiger partial charge in [-0.2, -0.15) is 4.98 Å². The third kappa shape index (κ3) is 5.84. The number of anilines is 4. The lowest BCUT2D eigenvalue weighted by Crippen LogP contribution is -2.29. The number of fused-ring (bicyclic) bond motifs is 1. The first-order chi connectivity index (χ1) is 17.8. The lowest BCUT2D eigenvalue weighted by Gasteiger charge is -2.26. The third-order valence-corrected chi connectivity index (χ3v) is 6.20. The van der Waals surface area contributed by atoms with Gasteiger partial charge in [-0.05, 0) is 50.5 Å². The molecule has 0 bridgehead atoms. The van der Waals surface area contributed by atoms with Crippen LogP contribution in [0.3, 0.4) is 0 Å². The Balaban J connectivity index is 1.70. The number of nitrogens with zero attached hydrogens (tertiary/aromatic N) is 5. The third-order valence-electron chi connectivity index (χ3n) is 5.87. The van der Waals surface area contributed by atoms with Crippen LogP contribution >= 0.6 is 11.6 Å². The van der Waals surface area contributed by atoms with E-state index in [0.29, 0.717) is 33.9 Å². The lowest BCUT2D eigenvalue weighted by atomic mass is 10.2. The number of hydrogen-bond acceptors (Lipinski definition) is 7. The SMILES string of the molecule is C=CC(=O)Nc1cc(Nc2nccc(-n3ccc4c(Cl)cccc43)n2)c(OC)cc1N(C)CCN(C)C. The molecule has 0 aliphatic carbocycles. The zero-order valence-electron chi connectivity index (χ0n) is 21.3. The Morgan fingerprint density at radius 3 is 2.70 bits per heavy atom. The minimum Gasteiger partial charge on any atom is -0.494 e. The highest BCUT2D eigenvalue weighted by Gasteiger charge is 2.17. The van der Waals surface area contributed by atoms with E-state index < -0.39 is 0 Å². The molecule has 0 unspecified atom stereocenters. The van der Waals surface area contributed by atoms with E-state index in [0.717, 1.165) is 29.7 Å². The van der Waals surface area contributed by atoms with Gasteiger partial charge in [0.05, 0.1) is 29.7 Å². The van der Waals surface area contributed by atoms with Gasteiger partial charge in [0, 0.05) is 49.0 Å².